The minimum absolute atomic E-state index is 0.00463. The van der Waals surface area contributed by atoms with Gasteiger partial charge in [-0.3, -0.25) is 14.4 Å². The van der Waals surface area contributed by atoms with Gasteiger partial charge in [0.2, 0.25) is 17.7 Å². The number of fused-ring (bicyclic) bond motifs is 1. The summed E-state index contributed by atoms with van der Waals surface area (Å²) in [5, 5.41) is 14.2. The summed E-state index contributed by atoms with van der Waals surface area (Å²) >= 11 is 0. The molecule has 0 bridgehead atoms. The van der Waals surface area contributed by atoms with Crippen LogP contribution in [0.4, 0.5) is 0 Å². The fraction of sp³-hybridized carbons (Fsp3) is 0.962. The molecule has 2 atom stereocenters. The molecule has 3 N–H and O–H groups in total. The van der Waals surface area contributed by atoms with Crippen LogP contribution >= 0.6 is 0 Å². The predicted molar refractivity (Wildman–Crippen MR) is 416 cm³/mol. The molecule has 8 heterocycles. The van der Waals surface area contributed by atoms with E-state index in [0.717, 1.165) is 128 Å². The molecule has 3 saturated carbocycles. The van der Waals surface area contributed by atoms with E-state index in [9.17, 15) is 14.4 Å². The molecule has 0 aromatic rings. The summed E-state index contributed by atoms with van der Waals surface area (Å²) in [6.07, 6.45) is 32.4. The third-order valence-electron chi connectivity index (χ3n) is 19.1. The number of carbonyl (C=O) groups is 3. The average Bonchev–Trinajstić information content (AvgIpc) is 1.65. The summed E-state index contributed by atoms with van der Waals surface area (Å²) in [7, 11) is 28.2. The van der Waals surface area contributed by atoms with Crippen LogP contribution in [0.1, 0.15) is 210 Å². The highest BCUT2D eigenvalue weighted by Crippen LogP contribution is 2.44. The van der Waals surface area contributed by atoms with E-state index in [1.165, 1.54) is 207 Å². The zero-order chi connectivity index (χ0) is 73.8. The number of methoxy groups -OCH3 is 1. The van der Waals surface area contributed by atoms with E-state index in [-0.39, 0.29) is 17.7 Å². The zero-order valence-corrected chi connectivity index (χ0v) is 68.7. The summed E-state index contributed by atoms with van der Waals surface area (Å²) in [5.41, 5.74) is -0.500. The first kappa shape index (κ1) is 99.1. The molecule has 11 aliphatic rings. The van der Waals surface area contributed by atoms with Crippen LogP contribution in [0.5, 0.6) is 0 Å². The number of piperidine rings is 3. The maximum Gasteiger partial charge on any atom is 0.219 e. The molecule has 0 aromatic carbocycles. The van der Waals surface area contributed by atoms with Crippen molar-refractivity contribution in [3.8, 4) is 0 Å². The van der Waals surface area contributed by atoms with Gasteiger partial charge in [0.25, 0.3) is 0 Å². The number of aliphatic hydroxyl groups is 1. The molecule has 3 amide bonds. The number of carbonyl (C=O) groups excluding carboxylic acids is 3. The van der Waals surface area contributed by atoms with Crippen molar-refractivity contribution in [1.82, 2.24) is 59.6 Å². The Kier molecular flexibility index (Phi) is 67.3. The van der Waals surface area contributed by atoms with Crippen molar-refractivity contribution >= 4 is 17.7 Å². The first-order chi connectivity index (χ1) is 46.0. The number of ether oxygens (including phenoxy) is 3. The first-order valence-corrected chi connectivity index (χ1v) is 39.0. The lowest BCUT2D eigenvalue weighted by Gasteiger charge is -2.31. The van der Waals surface area contributed by atoms with Gasteiger partial charge in [0.15, 0.2) is 0 Å². The zero-order valence-electron chi connectivity index (χ0n) is 68.7. The number of likely N-dealkylation sites (tertiary alicyclic amines) is 4. The Morgan fingerprint density at radius 2 is 0.773 bits per heavy atom. The van der Waals surface area contributed by atoms with Crippen LogP contribution < -0.4 is 10.6 Å². The number of piperazine rings is 2. The lowest BCUT2D eigenvalue weighted by molar-refractivity contribution is -0.131. The van der Waals surface area contributed by atoms with Gasteiger partial charge < -0.3 is 78.9 Å². The van der Waals surface area contributed by atoms with Gasteiger partial charge in [0, 0.05) is 153 Å². The van der Waals surface area contributed by atoms with E-state index < -0.39 is 5.60 Å². The monoisotopic (exact) mass is 1390 g/mol. The second kappa shape index (κ2) is 65.9. The fourth-order valence-corrected chi connectivity index (χ4v) is 12.1. The summed E-state index contributed by atoms with van der Waals surface area (Å²) in [6, 6.07) is 0.888. The molecule has 11 fully saturated rings. The molecule has 97 heavy (non-hydrogen) atoms. The normalized spacial score (nSPS) is 22.7. The number of morpholine rings is 1. The van der Waals surface area contributed by atoms with Crippen LogP contribution in [-0.2, 0) is 28.6 Å². The molecule has 582 valence electrons. The molecule has 11 rings (SSSR count). The lowest BCUT2D eigenvalue weighted by Crippen LogP contribution is -2.46. The number of hydrogen-bond acceptors (Lipinski definition) is 16. The van der Waals surface area contributed by atoms with Crippen LogP contribution in [0, 0.1) is 29.6 Å². The van der Waals surface area contributed by atoms with Gasteiger partial charge in [-0.05, 0) is 225 Å². The SMILES string of the molecule is CC(=O)N1CCN(C)CC1.CC(C)(C)O.CCC1CCCCC1.CCC1CCN(C(C)=O)CC1.CCC1CCOCC1.CN(C)C.CN(C)C1CCCCC1.CN1CC2CC2C1.CN1CCCC1.CN1CCCCC1.CN1CCNCC1.CN1CCOCC1.CNC(C)=O.COC. The topological polar surface area (TPSA) is 156 Å². The second-order valence-electron chi connectivity index (χ2n) is 30.8. The minimum Gasteiger partial charge on any atom is -0.391 e. The molecule has 0 radical (unpaired) electrons. The quantitative estimate of drug-likeness (QED) is 0.244. The Morgan fingerprint density at radius 3 is 1.02 bits per heavy atom. The Bertz CT molecular complexity index is 1620. The molecule has 19 nitrogen and oxygen atoms in total. The van der Waals surface area contributed by atoms with Crippen LogP contribution in [-0.4, -0.2) is 326 Å². The molecular formula is C78H168N12O7. The maximum absolute atomic E-state index is 10.9. The van der Waals surface area contributed by atoms with Gasteiger partial charge in [-0.25, -0.2) is 0 Å². The number of rotatable bonds is 4. The van der Waals surface area contributed by atoms with Crippen LogP contribution in [0.15, 0.2) is 0 Å². The molecule has 3 aliphatic carbocycles. The van der Waals surface area contributed by atoms with E-state index in [0.29, 0.717) is 0 Å². The third-order valence-corrected chi connectivity index (χ3v) is 19.1. The van der Waals surface area contributed by atoms with Crippen LogP contribution in [0.2, 0.25) is 0 Å². The highest BCUT2D eigenvalue weighted by molar-refractivity contribution is 5.73. The van der Waals surface area contributed by atoms with Crippen molar-refractivity contribution in [1.29, 1.82) is 0 Å². The highest BCUT2D eigenvalue weighted by Gasteiger charge is 2.43. The summed E-state index contributed by atoms with van der Waals surface area (Å²) in [5.74, 6) is 5.59. The van der Waals surface area contributed by atoms with E-state index in [1.54, 1.807) is 55.9 Å². The molecule has 2 unspecified atom stereocenters. The van der Waals surface area contributed by atoms with Crippen molar-refractivity contribution in [3.63, 3.8) is 0 Å². The van der Waals surface area contributed by atoms with Gasteiger partial charge in [0.05, 0.1) is 18.8 Å². The Hall–Kier alpha value is -2.11. The average molecular weight is 1390 g/mol. The molecule has 19 heteroatoms. The molecular weight excluding hydrogens is 1220 g/mol. The van der Waals surface area contributed by atoms with Crippen LogP contribution in [0.3, 0.4) is 0 Å². The van der Waals surface area contributed by atoms with Gasteiger partial charge in [-0.1, -0.05) is 97.8 Å². The van der Waals surface area contributed by atoms with Crippen molar-refractivity contribution < 1.29 is 33.7 Å². The highest BCUT2D eigenvalue weighted by atomic mass is 16.5. The Morgan fingerprint density at radius 1 is 0.464 bits per heavy atom. The van der Waals surface area contributed by atoms with Crippen molar-refractivity contribution in [2.24, 2.45) is 29.6 Å². The number of nitrogens with zero attached hydrogens (tertiary/aromatic N) is 10. The standard InChI is InChI=1S/C9H17NO.C8H17N.C8H16.C7H14N2O.C7H14O.C6H11N.C6H13N.C5H12N2.C5H11NO.C5H11N.C4H10O.C3H7NO.C3H9N.C2H6O/c1-3-9-4-6-10(7-5-9)8(2)11;1-9(2)8-6-4-3-5-7-8;1-2-8-6-4-3-5-7-8;1-7(10)9-5-3-8(2)4-6-9;1-2-7-3-5-8-6-4-7;1-7-3-5-2-6(5)4-7;1-7-5-3-2-4-6-7;1-7-4-2-6-3-5-7;1-6-2-4-7-5-3-6;1-6-4-2-3-5-6;1-4(2,3)5;1-3(5)4-2;1-4(2)3;1-3-2/h9H,3-7H2,1-2H3;8H,3-7H2,1-2H3;8H,2-7H2,1H3;3-6H2,1-2H3;7H,2-6H2,1H3;5-6H,2-4H2,1H3;2-6H2,1H3;6H,2-5H2,1H3;2-5H2,1H3;2-5H2,1H3;5H,1-3H3;1-2H3,(H,4,5);1-3H3;1-2H3. The summed E-state index contributed by atoms with van der Waals surface area (Å²) in [4.78, 5) is 53.6. The van der Waals surface area contributed by atoms with Crippen LogP contribution in [0.25, 0.3) is 0 Å². The largest absolute Gasteiger partial charge is 0.391 e. The van der Waals surface area contributed by atoms with Gasteiger partial charge in [-0.15, -0.1) is 0 Å². The Balaban J connectivity index is -0.000000990. The number of nitrogens with one attached hydrogen (secondary N) is 2. The number of hydrogen-bond donors (Lipinski definition) is 3. The second-order valence-corrected chi connectivity index (χ2v) is 30.8. The first-order valence-electron chi connectivity index (χ1n) is 39.0. The van der Waals surface area contributed by atoms with E-state index in [4.69, 9.17) is 14.6 Å². The van der Waals surface area contributed by atoms with E-state index in [2.05, 4.69) is 127 Å². The third kappa shape index (κ3) is 69.4. The molecule has 0 spiro atoms. The van der Waals surface area contributed by atoms with E-state index in [1.807, 2.05) is 35.8 Å². The Labute approximate surface area is 602 Å². The summed E-state index contributed by atoms with van der Waals surface area (Å²) in [6.45, 7) is 41.4. The van der Waals surface area contributed by atoms with Crippen molar-refractivity contribution in [2.75, 3.05) is 243 Å². The van der Waals surface area contributed by atoms with E-state index >= 15 is 0 Å². The van der Waals surface area contributed by atoms with Gasteiger partial charge >= 0.3 is 0 Å². The summed E-state index contributed by atoms with van der Waals surface area (Å²) < 4.78 is 14.5. The van der Waals surface area contributed by atoms with Gasteiger partial charge in [0.1, 0.15) is 0 Å². The minimum atomic E-state index is -0.500. The number of likely N-dealkylation sites (N-methyl/N-ethyl adjacent to an activating group) is 3. The smallest absolute Gasteiger partial charge is 0.219 e. The maximum atomic E-state index is 10.9. The molecule has 8 aliphatic heterocycles. The number of amides is 3. The predicted octanol–water partition coefficient (Wildman–Crippen LogP) is 10.9. The van der Waals surface area contributed by atoms with Crippen molar-refractivity contribution in [3.05, 3.63) is 0 Å². The fourth-order valence-electron chi connectivity index (χ4n) is 12.1. The van der Waals surface area contributed by atoms with Gasteiger partial charge in [-0.2, -0.15) is 0 Å². The lowest BCUT2D eigenvalue weighted by atomic mass is 9.88. The molecule has 8 saturated heterocycles. The molecule has 0 aromatic heterocycles. The van der Waals surface area contributed by atoms with Crippen molar-refractivity contribution in [2.45, 2.75) is 222 Å².